The lowest BCUT2D eigenvalue weighted by Crippen LogP contribution is -2.53. The Hall–Kier alpha value is -2.87. The zero-order valence-corrected chi connectivity index (χ0v) is 22.1. The summed E-state index contributed by atoms with van der Waals surface area (Å²) in [6, 6.07) is 12.4. The molecule has 0 fully saturated rings. The average molecular weight is 488 g/mol. The van der Waals surface area contributed by atoms with Crippen molar-refractivity contribution in [3.63, 3.8) is 0 Å². The van der Waals surface area contributed by atoms with E-state index < -0.39 is 22.0 Å². The summed E-state index contributed by atoms with van der Waals surface area (Å²) >= 11 is 0. The third kappa shape index (κ3) is 7.06. The molecule has 0 aliphatic rings. The van der Waals surface area contributed by atoms with Crippen LogP contribution >= 0.6 is 0 Å². The van der Waals surface area contributed by atoms with Gasteiger partial charge in [-0.15, -0.1) is 0 Å². The molecule has 0 aliphatic heterocycles. The number of carbonyl (C=O) groups is 2. The number of nitrogens with zero attached hydrogens (tertiary/aromatic N) is 2. The monoisotopic (exact) mass is 487 g/mol. The van der Waals surface area contributed by atoms with Crippen LogP contribution in [0.4, 0.5) is 5.69 Å². The Morgan fingerprint density at radius 1 is 1.00 bits per heavy atom. The molecule has 2 amide bonds. The number of aryl methyl sites for hydroxylation is 3. The number of hydrogen-bond acceptors (Lipinski definition) is 4. The van der Waals surface area contributed by atoms with Crippen LogP contribution in [0.1, 0.15) is 49.4 Å². The first-order valence-corrected chi connectivity index (χ1v) is 13.4. The largest absolute Gasteiger partial charge is 0.352 e. The van der Waals surface area contributed by atoms with E-state index in [4.69, 9.17) is 0 Å². The van der Waals surface area contributed by atoms with Crippen LogP contribution in [0.25, 0.3) is 0 Å². The van der Waals surface area contributed by atoms with E-state index in [0.29, 0.717) is 12.1 Å². The number of para-hydroxylation sites is 1. The number of nitrogens with one attached hydrogen (secondary N) is 1. The smallest absolute Gasteiger partial charge is 0.244 e. The van der Waals surface area contributed by atoms with Gasteiger partial charge in [0.15, 0.2) is 0 Å². The van der Waals surface area contributed by atoms with Gasteiger partial charge in [-0.1, -0.05) is 55.0 Å². The Kier molecular flexibility index (Phi) is 9.27. The molecular formula is C26H37N3O4S. The quantitative estimate of drug-likeness (QED) is 0.554. The minimum atomic E-state index is -3.76. The maximum Gasteiger partial charge on any atom is 0.244 e. The van der Waals surface area contributed by atoms with Crippen molar-refractivity contribution in [3.8, 4) is 0 Å². The second-order valence-electron chi connectivity index (χ2n) is 9.11. The van der Waals surface area contributed by atoms with Gasteiger partial charge in [0.2, 0.25) is 21.8 Å². The van der Waals surface area contributed by atoms with Crippen LogP contribution in [0.15, 0.2) is 42.5 Å². The number of hydrogen-bond donors (Lipinski definition) is 1. The Bertz CT molecular complexity index is 1110. The van der Waals surface area contributed by atoms with E-state index in [0.717, 1.165) is 32.8 Å². The lowest BCUT2D eigenvalue weighted by atomic mass is 10.1. The van der Waals surface area contributed by atoms with Gasteiger partial charge in [-0.25, -0.2) is 8.42 Å². The van der Waals surface area contributed by atoms with Crippen LogP contribution in [0.5, 0.6) is 0 Å². The molecule has 2 rings (SSSR count). The first-order valence-electron chi connectivity index (χ1n) is 11.5. The van der Waals surface area contributed by atoms with Gasteiger partial charge in [-0.3, -0.25) is 13.9 Å². The number of benzene rings is 2. The van der Waals surface area contributed by atoms with Crippen LogP contribution < -0.4 is 9.62 Å². The lowest BCUT2D eigenvalue weighted by molar-refractivity contribution is -0.140. The fourth-order valence-electron chi connectivity index (χ4n) is 4.08. The predicted octanol–water partition coefficient (Wildman–Crippen LogP) is 3.71. The summed E-state index contributed by atoms with van der Waals surface area (Å²) in [5.41, 5.74) is 3.93. The normalized spacial score (nSPS) is 12.4. The summed E-state index contributed by atoms with van der Waals surface area (Å²) in [5, 5.41) is 2.90. The van der Waals surface area contributed by atoms with E-state index in [-0.39, 0.29) is 25.0 Å². The Morgan fingerprint density at radius 3 is 2.09 bits per heavy atom. The number of amides is 2. The highest BCUT2D eigenvalue weighted by Crippen LogP contribution is 2.27. The van der Waals surface area contributed by atoms with Gasteiger partial charge < -0.3 is 10.2 Å². The number of sulfonamides is 1. The van der Waals surface area contributed by atoms with Crippen molar-refractivity contribution in [2.45, 2.75) is 66.6 Å². The fraction of sp³-hybridized carbons (Fsp3) is 0.462. The Morgan fingerprint density at radius 2 is 1.59 bits per heavy atom. The maximum absolute atomic E-state index is 13.7. The minimum absolute atomic E-state index is 0.0837. The van der Waals surface area contributed by atoms with Crippen molar-refractivity contribution < 1.29 is 18.0 Å². The van der Waals surface area contributed by atoms with E-state index >= 15 is 0 Å². The number of carbonyl (C=O) groups excluding carboxylic acids is 2. The van der Waals surface area contributed by atoms with Gasteiger partial charge in [-0.2, -0.15) is 0 Å². The third-order valence-electron chi connectivity index (χ3n) is 5.62. The minimum Gasteiger partial charge on any atom is -0.352 e. The molecule has 1 atom stereocenters. The van der Waals surface area contributed by atoms with Gasteiger partial charge in [0.1, 0.15) is 12.6 Å². The summed E-state index contributed by atoms with van der Waals surface area (Å²) in [5.74, 6) is -0.683. The summed E-state index contributed by atoms with van der Waals surface area (Å²) in [6.45, 7) is 11.0. The van der Waals surface area contributed by atoms with E-state index in [1.54, 1.807) is 0 Å². The van der Waals surface area contributed by atoms with Crippen LogP contribution in [-0.2, 0) is 26.2 Å². The van der Waals surface area contributed by atoms with Crippen molar-refractivity contribution in [2.24, 2.45) is 0 Å². The molecule has 186 valence electrons. The number of anilines is 1. The van der Waals surface area contributed by atoms with E-state index in [2.05, 4.69) is 5.32 Å². The van der Waals surface area contributed by atoms with Gasteiger partial charge in [0.05, 0.1) is 11.9 Å². The van der Waals surface area contributed by atoms with Crippen LogP contribution in [0.2, 0.25) is 0 Å². The van der Waals surface area contributed by atoms with Crippen molar-refractivity contribution >= 4 is 27.5 Å². The molecule has 2 aromatic carbocycles. The molecule has 0 saturated heterocycles. The molecule has 34 heavy (non-hydrogen) atoms. The van der Waals surface area contributed by atoms with E-state index in [1.807, 2.05) is 84.0 Å². The SMILES string of the molecule is CC[C@H](C(=O)NC(C)C)N(Cc1cccc(C)c1)C(=O)CN(c1c(C)cccc1C)S(C)(=O)=O. The highest BCUT2D eigenvalue weighted by Gasteiger charge is 2.32. The molecule has 0 heterocycles. The van der Waals surface area contributed by atoms with Gasteiger partial charge >= 0.3 is 0 Å². The highest BCUT2D eigenvalue weighted by molar-refractivity contribution is 7.92. The second-order valence-corrected chi connectivity index (χ2v) is 11.0. The van der Waals surface area contributed by atoms with Crippen molar-refractivity contribution in [3.05, 3.63) is 64.7 Å². The van der Waals surface area contributed by atoms with Crippen LogP contribution in [0, 0.1) is 20.8 Å². The Balaban J connectivity index is 2.50. The topological polar surface area (TPSA) is 86.8 Å². The average Bonchev–Trinajstić information content (AvgIpc) is 2.71. The first kappa shape index (κ1) is 27.4. The summed E-state index contributed by atoms with van der Waals surface area (Å²) in [4.78, 5) is 28.2. The third-order valence-corrected chi connectivity index (χ3v) is 6.73. The molecule has 1 N–H and O–H groups in total. The highest BCUT2D eigenvalue weighted by atomic mass is 32.2. The molecule has 0 radical (unpaired) electrons. The van der Waals surface area contributed by atoms with Crippen molar-refractivity contribution in [1.82, 2.24) is 10.2 Å². The molecule has 8 heteroatoms. The molecule has 0 aliphatic carbocycles. The molecule has 0 saturated carbocycles. The molecule has 0 spiro atoms. The summed E-state index contributed by atoms with van der Waals surface area (Å²) < 4.78 is 26.7. The molecule has 7 nitrogen and oxygen atoms in total. The first-order chi connectivity index (χ1) is 15.8. The standard InChI is InChI=1S/C26H37N3O4S/c1-8-23(26(31)27-18(2)3)28(16-22-14-9-11-19(4)15-22)24(30)17-29(34(7,32)33)25-20(5)12-10-13-21(25)6/h9-15,18,23H,8,16-17H2,1-7H3,(H,27,31)/t23-/m1/s1. The molecule has 0 aromatic heterocycles. The summed E-state index contributed by atoms with van der Waals surface area (Å²) in [6.07, 6.45) is 1.50. The van der Waals surface area contributed by atoms with Crippen LogP contribution in [0.3, 0.4) is 0 Å². The fourth-order valence-corrected chi connectivity index (χ4v) is 5.05. The molecule has 2 aromatic rings. The second kappa shape index (κ2) is 11.5. The lowest BCUT2D eigenvalue weighted by Gasteiger charge is -2.34. The van der Waals surface area contributed by atoms with Gasteiger partial charge in [-0.05, 0) is 57.7 Å². The molecule has 0 bridgehead atoms. The van der Waals surface area contributed by atoms with E-state index in [9.17, 15) is 18.0 Å². The summed E-state index contributed by atoms with van der Waals surface area (Å²) in [7, 11) is -3.76. The van der Waals surface area contributed by atoms with Crippen LogP contribution in [-0.4, -0.2) is 50.0 Å². The number of rotatable bonds is 10. The Labute approximate surface area is 204 Å². The zero-order chi connectivity index (χ0) is 25.6. The zero-order valence-electron chi connectivity index (χ0n) is 21.3. The predicted molar refractivity (Wildman–Crippen MR) is 137 cm³/mol. The van der Waals surface area contributed by atoms with Gasteiger partial charge in [0, 0.05) is 12.6 Å². The maximum atomic E-state index is 13.7. The van der Waals surface area contributed by atoms with Crippen molar-refractivity contribution in [2.75, 3.05) is 17.1 Å². The van der Waals surface area contributed by atoms with Gasteiger partial charge in [0.25, 0.3) is 0 Å². The molecular weight excluding hydrogens is 450 g/mol. The van der Waals surface area contributed by atoms with Crippen molar-refractivity contribution in [1.29, 1.82) is 0 Å². The molecule has 0 unspecified atom stereocenters. The van der Waals surface area contributed by atoms with E-state index in [1.165, 1.54) is 4.90 Å².